The maximum absolute atomic E-state index is 4.44. The fourth-order valence-corrected chi connectivity index (χ4v) is 2.07. The average molecular weight is 233 g/mol. The Bertz CT molecular complexity index is 426. The Kier molecular flexibility index (Phi) is 3.77. The first-order chi connectivity index (χ1) is 7.88. The highest BCUT2D eigenvalue weighted by atomic mass is 32.1. The van der Waals surface area contributed by atoms with E-state index >= 15 is 0 Å². The van der Waals surface area contributed by atoms with Gasteiger partial charge in [-0.3, -0.25) is 0 Å². The molecule has 84 valence electrons. The van der Waals surface area contributed by atoms with Gasteiger partial charge in [-0.15, -0.1) is 0 Å². The van der Waals surface area contributed by atoms with E-state index in [9.17, 15) is 0 Å². The summed E-state index contributed by atoms with van der Waals surface area (Å²) in [7, 11) is 0. The number of pyridine rings is 1. The molecule has 0 aliphatic heterocycles. The summed E-state index contributed by atoms with van der Waals surface area (Å²) in [6, 6.07) is 8.07. The van der Waals surface area contributed by atoms with Gasteiger partial charge < -0.3 is 10.6 Å². The largest absolute Gasteiger partial charge is 0.370 e. The van der Waals surface area contributed by atoms with Crippen molar-refractivity contribution in [2.24, 2.45) is 0 Å². The lowest BCUT2D eigenvalue weighted by Gasteiger charge is -2.07. The molecule has 0 bridgehead atoms. The number of thiophene rings is 1. The van der Waals surface area contributed by atoms with Crippen LogP contribution in [0.4, 0.5) is 11.6 Å². The van der Waals surface area contributed by atoms with Gasteiger partial charge in [0, 0.05) is 13.1 Å². The summed E-state index contributed by atoms with van der Waals surface area (Å²) in [6.07, 6.45) is 0. The van der Waals surface area contributed by atoms with E-state index in [1.165, 1.54) is 5.56 Å². The van der Waals surface area contributed by atoms with Crippen molar-refractivity contribution in [3.8, 4) is 0 Å². The van der Waals surface area contributed by atoms with Gasteiger partial charge in [-0.2, -0.15) is 11.3 Å². The third kappa shape index (κ3) is 2.97. The minimum absolute atomic E-state index is 0.825. The smallest absolute Gasteiger partial charge is 0.128 e. The van der Waals surface area contributed by atoms with Gasteiger partial charge in [0.25, 0.3) is 0 Å². The highest BCUT2D eigenvalue weighted by Gasteiger charge is 1.97. The molecule has 0 fully saturated rings. The summed E-state index contributed by atoms with van der Waals surface area (Å²) < 4.78 is 0. The van der Waals surface area contributed by atoms with E-state index in [1.54, 1.807) is 11.3 Å². The SMILES string of the molecule is CCNc1cccc(NCc2ccsc2)n1. The van der Waals surface area contributed by atoms with Crippen molar-refractivity contribution in [3.63, 3.8) is 0 Å². The van der Waals surface area contributed by atoms with Crippen LogP contribution in [0, 0.1) is 0 Å². The van der Waals surface area contributed by atoms with Crippen LogP contribution in [-0.4, -0.2) is 11.5 Å². The van der Waals surface area contributed by atoms with E-state index in [0.717, 1.165) is 24.7 Å². The lowest BCUT2D eigenvalue weighted by atomic mass is 10.3. The lowest BCUT2D eigenvalue weighted by molar-refractivity contribution is 1.10. The summed E-state index contributed by atoms with van der Waals surface area (Å²) in [4.78, 5) is 4.44. The minimum Gasteiger partial charge on any atom is -0.370 e. The van der Waals surface area contributed by atoms with Gasteiger partial charge in [0.05, 0.1) is 0 Å². The van der Waals surface area contributed by atoms with Crippen LogP contribution in [0.15, 0.2) is 35.0 Å². The van der Waals surface area contributed by atoms with Crippen molar-refractivity contribution in [1.29, 1.82) is 0 Å². The fourth-order valence-electron chi connectivity index (χ4n) is 1.40. The number of hydrogen-bond acceptors (Lipinski definition) is 4. The van der Waals surface area contributed by atoms with Crippen LogP contribution >= 0.6 is 11.3 Å². The third-order valence-corrected chi connectivity index (χ3v) is 2.89. The zero-order valence-corrected chi connectivity index (χ0v) is 10.1. The van der Waals surface area contributed by atoms with Gasteiger partial charge in [0.2, 0.25) is 0 Å². The molecule has 2 aromatic heterocycles. The Morgan fingerprint density at radius 3 is 2.69 bits per heavy atom. The average Bonchev–Trinajstić information content (AvgIpc) is 2.80. The highest BCUT2D eigenvalue weighted by Crippen LogP contribution is 2.12. The first-order valence-electron chi connectivity index (χ1n) is 5.34. The number of rotatable bonds is 5. The maximum Gasteiger partial charge on any atom is 0.128 e. The van der Waals surface area contributed by atoms with Crippen LogP contribution in [0.2, 0.25) is 0 Å². The van der Waals surface area contributed by atoms with E-state index in [4.69, 9.17) is 0 Å². The molecule has 2 heterocycles. The van der Waals surface area contributed by atoms with E-state index in [-0.39, 0.29) is 0 Å². The van der Waals surface area contributed by atoms with Crippen LogP contribution < -0.4 is 10.6 Å². The molecule has 4 heteroatoms. The van der Waals surface area contributed by atoms with E-state index in [2.05, 4.69) is 39.4 Å². The molecule has 0 aromatic carbocycles. The van der Waals surface area contributed by atoms with Gasteiger partial charge >= 0.3 is 0 Å². The molecule has 0 radical (unpaired) electrons. The number of nitrogens with zero attached hydrogens (tertiary/aromatic N) is 1. The van der Waals surface area contributed by atoms with Crippen molar-refractivity contribution in [2.45, 2.75) is 13.5 Å². The van der Waals surface area contributed by atoms with E-state index < -0.39 is 0 Å². The topological polar surface area (TPSA) is 37.0 Å². The predicted octanol–water partition coefficient (Wildman–Crippen LogP) is 3.19. The van der Waals surface area contributed by atoms with Gasteiger partial charge in [-0.05, 0) is 41.4 Å². The Hall–Kier alpha value is -1.55. The summed E-state index contributed by atoms with van der Waals surface area (Å²) in [5.74, 6) is 1.82. The molecule has 0 saturated carbocycles. The molecule has 2 aromatic rings. The van der Waals surface area contributed by atoms with Crippen LogP contribution in [0.5, 0.6) is 0 Å². The number of nitrogens with one attached hydrogen (secondary N) is 2. The molecule has 0 unspecified atom stereocenters. The Morgan fingerprint density at radius 1 is 1.19 bits per heavy atom. The van der Waals surface area contributed by atoms with Crippen molar-refractivity contribution in [1.82, 2.24) is 4.98 Å². The highest BCUT2D eigenvalue weighted by molar-refractivity contribution is 7.07. The second kappa shape index (κ2) is 5.51. The zero-order valence-electron chi connectivity index (χ0n) is 9.23. The second-order valence-electron chi connectivity index (χ2n) is 3.42. The Labute approximate surface area is 99.5 Å². The van der Waals surface area contributed by atoms with Crippen LogP contribution in [0.3, 0.4) is 0 Å². The predicted molar refractivity (Wildman–Crippen MR) is 70.0 cm³/mol. The molecule has 0 saturated heterocycles. The Balaban J connectivity index is 1.96. The minimum atomic E-state index is 0.825. The number of anilines is 2. The zero-order chi connectivity index (χ0) is 11.2. The van der Waals surface area contributed by atoms with E-state index in [0.29, 0.717) is 0 Å². The summed E-state index contributed by atoms with van der Waals surface area (Å²) in [6.45, 7) is 3.78. The Morgan fingerprint density at radius 2 is 2.00 bits per heavy atom. The number of aromatic nitrogens is 1. The summed E-state index contributed by atoms with van der Waals surface area (Å²) in [5, 5.41) is 10.7. The molecule has 0 amide bonds. The second-order valence-corrected chi connectivity index (χ2v) is 4.20. The monoisotopic (exact) mass is 233 g/mol. The van der Waals surface area contributed by atoms with Gasteiger partial charge in [0.1, 0.15) is 11.6 Å². The van der Waals surface area contributed by atoms with Gasteiger partial charge in [-0.1, -0.05) is 6.07 Å². The third-order valence-electron chi connectivity index (χ3n) is 2.16. The van der Waals surface area contributed by atoms with Gasteiger partial charge in [0.15, 0.2) is 0 Å². The normalized spacial score (nSPS) is 10.1. The van der Waals surface area contributed by atoms with Crippen molar-refractivity contribution < 1.29 is 0 Å². The van der Waals surface area contributed by atoms with Crippen molar-refractivity contribution >= 4 is 23.0 Å². The molecule has 0 aliphatic carbocycles. The molecule has 2 rings (SSSR count). The molecular weight excluding hydrogens is 218 g/mol. The first-order valence-corrected chi connectivity index (χ1v) is 6.28. The summed E-state index contributed by atoms with van der Waals surface area (Å²) in [5.41, 5.74) is 1.29. The molecule has 16 heavy (non-hydrogen) atoms. The molecule has 0 atom stereocenters. The van der Waals surface area contributed by atoms with Crippen molar-refractivity contribution in [3.05, 3.63) is 40.6 Å². The molecule has 3 nitrogen and oxygen atoms in total. The standard InChI is InChI=1S/C12H15N3S/c1-2-13-11-4-3-5-12(15-11)14-8-10-6-7-16-9-10/h3-7,9H,2,8H2,1H3,(H2,13,14,15). The maximum atomic E-state index is 4.44. The first kappa shape index (κ1) is 11.0. The molecule has 2 N–H and O–H groups in total. The van der Waals surface area contributed by atoms with Crippen LogP contribution in [0.25, 0.3) is 0 Å². The molecule has 0 spiro atoms. The molecule has 0 aliphatic rings. The van der Waals surface area contributed by atoms with E-state index in [1.807, 2.05) is 18.2 Å². The van der Waals surface area contributed by atoms with Crippen LogP contribution in [0.1, 0.15) is 12.5 Å². The quantitative estimate of drug-likeness (QED) is 0.832. The van der Waals surface area contributed by atoms with Crippen molar-refractivity contribution in [2.75, 3.05) is 17.2 Å². The van der Waals surface area contributed by atoms with Crippen LogP contribution in [-0.2, 0) is 6.54 Å². The summed E-state index contributed by atoms with van der Waals surface area (Å²) >= 11 is 1.71. The fraction of sp³-hybridized carbons (Fsp3) is 0.250. The van der Waals surface area contributed by atoms with Gasteiger partial charge in [-0.25, -0.2) is 4.98 Å². The number of hydrogen-bond donors (Lipinski definition) is 2. The molecular formula is C12H15N3S. The lowest BCUT2D eigenvalue weighted by Crippen LogP contribution is -2.03.